The summed E-state index contributed by atoms with van der Waals surface area (Å²) in [4.78, 5) is 26.5. The quantitative estimate of drug-likeness (QED) is 0.162. The number of amides is 2. The van der Waals surface area contributed by atoms with Crippen LogP contribution in [0.2, 0.25) is 0 Å². The normalized spacial score (nSPS) is 16.9. The molecule has 0 radical (unpaired) electrons. The van der Waals surface area contributed by atoms with E-state index in [1.165, 1.54) is 12.7 Å². The average molecular weight is 606 g/mol. The third-order valence-corrected chi connectivity index (χ3v) is 8.43. The van der Waals surface area contributed by atoms with Crippen molar-refractivity contribution in [1.82, 2.24) is 10.6 Å². The highest BCUT2D eigenvalue weighted by Gasteiger charge is 2.33. The van der Waals surface area contributed by atoms with Crippen molar-refractivity contribution >= 4 is 17.7 Å². The molecule has 0 spiro atoms. The van der Waals surface area contributed by atoms with E-state index >= 15 is 0 Å². The van der Waals surface area contributed by atoms with Gasteiger partial charge in [0.15, 0.2) is 0 Å². The van der Waals surface area contributed by atoms with E-state index in [1.807, 2.05) is 84.9 Å². The van der Waals surface area contributed by atoms with Crippen molar-refractivity contribution in [1.29, 1.82) is 0 Å². The summed E-state index contributed by atoms with van der Waals surface area (Å²) in [6, 6.07) is 37.4. The van der Waals surface area contributed by atoms with Gasteiger partial charge in [0.25, 0.3) is 0 Å². The molecule has 1 saturated heterocycles. The number of alkyl carbamates (subject to hydrolysis) is 1. The van der Waals surface area contributed by atoms with Crippen molar-refractivity contribution in [2.45, 2.75) is 56.2 Å². The fraction of sp³-hybridized carbons (Fsp3) is 0.316. The molecule has 0 aliphatic carbocycles. The Balaban J connectivity index is 1.21. The van der Waals surface area contributed by atoms with E-state index < -0.39 is 18.1 Å². The van der Waals surface area contributed by atoms with Gasteiger partial charge in [-0.05, 0) is 60.4 Å². The van der Waals surface area contributed by atoms with Crippen LogP contribution in [0.4, 0.5) is 10.5 Å². The zero-order valence-corrected chi connectivity index (χ0v) is 25.9. The molecule has 1 fully saturated rings. The van der Waals surface area contributed by atoms with E-state index in [-0.39, 0.29) is 12.0 Å². The van der Waals surface area contributed by atoms with E-state index in [9.17, 15) is 9.59 Å². The summed E-state index contributed by atoms with van der Waals surface area (Å²) in [5.74, 6) is -0.750. The summed E-state index contributed by atoms with van der Waals surface area (Å²) in [7, 11) is 1.30. The minimum Gasteiger partial charge on any atom is -0.453 e. The molecule has 4 aromatic carbocycles. The maximum absolute atomic E-state index is 14.0. The van der Waals surface area contributed by atoms with Crippen LogP contribution in [0.25, 0.3) is 0 Å². The number of hydrogen-bond donors (Lipinski definition) is 3. The van der Waals surface area contributed by atoms with Gasteiger partial charge in [-0.3, -0.25) is 4.79 Å². The Morgan fingerprint density at radius 2 is 1.44 bits per heavy atom. The molecule has 234 valence electrons. The lowest BCUT2D eigenvalue weighted by molar-refractivity contribution is -0.118. The van der Waals surface area contributed by atoms with Crippen molar-refractivity contribution in [2.75, 3.05) is 25.6 Å². The van der Waals surface area contributed by atoms with Crippen LogP contribution >= 0.6 is 0 Å². The molecule has 0 aromatic heterocycles. The number of nitrogens with one attached hydrogen (secondary N) is 3. The van der Waals surface area contributed by atoms with Crippen LogP contribution in [0.1, 0.15) is 47.4 Å². The summed E-state index contributed by atoms with van der Waals surface area (Å²) in [6.07, 6.45) is 4.32. The number of benzene rings is 4. The fourth-order valence-electron chi connectivity index (χ4n) is 6.01. The van der Waals surface area contributed by atoms with Gasteiger partial charge in [-0.15, -0.1) is 0 Å². The van der Waals surface area contributed by atoms with Crippen molar-refractivity contribution in [3.63, 3.8) is 0 Å². The molecule has 3 unspecified atom stereocenters. The number of morpholine rings is 1. The van der Waals surface area contributed by atoms with Gasteiger partial charge in [-0.2, -0.15) is 0 Å². The third-order valence-electron chi connectivity index (χ3n) is 8.43. The lowest BCUT2D eigenvalue weighted by Crippen LogP contribution is -2.48. The molecule has 0 bridgehead atoms. The number of methoxy groups -OCH3 is 1. The highest BCUT2D eigenvalue weighted by molar-refractivity contribution is 5.98. The Kier molecular flexibility index (Phi) is 11.8. The Morgan fingerprint density at radius 3 is 2.07 bits per heavy atom. The Hall–Kier alpha value is -4.46. The molecular weight excluding hydrogens is 562 g/mol. The van der Waals surface area contributed by atoms with Crippen molar-refractivity contribution in [3.8, 4) is 0 Å². The second-order valence-electron chi connectivity index (χ2n) is 11.5. The molecule has 7 nitrogen and oxygen atoms in total. The zero-order chi connectivity index (χ0) is 31.3. The predicted octanol–water partition coefficient (Wildman–Crippen LogP) is 6.49. The van der Waals surface area contributed by atoms with Gasteiger partial charge in [0.05, 0.1) is 19.8 Å². The minimum absolute atomic E-state index is 0.105. The van der Waals surface area contributed by atoms with Crippen LogP contribution in [0.5, 0.6) is 0 Å². The van der Waals surface area contributed by atoms with Crippen molar-refractivity contribution in [2.24, 2.45) is 0 Å². The van der Waals surface area contributed by atoms with Gasteiger partial charge in [-0.25, -0.2) is 4.79 Å². The number of carbonyl (C=O) groups excluding carboxylic acids is 2. The average Bonchev–Trinajstić information content (AvgIpc) is 3.09. The highest BCUT2D eigenvalue weighted by Crippen LogP contribution is 2.30. The Bertz CT molecular complexity index is 1440. The Labute approximate surface area is 266 Å². The lowest BCUT2D eigenvalue weighted by atomic mass is 9.84. The molecule has 7 heteroatoms. The number of rotatable bonds is 13. The minimum atomic E-state index is -0.917. The fourth-order valence-corrected chi connectivity index (χ4v) is 6.01. The summed E-state index contributed by atoms with van der Waals surface area (Å²) in [5, 5.41) is 9.61. The topological polar surface area (TPSA) is 88.7 Å². The first-order chi connectivity index (χ1) is 22.1. The van der Waals surface area contributed by atoms with Gasteiger partial charge in [0.1, 0.15) is 6.04 Å². The number of ether oxygens (including phenoxy) is 2. The van der Waals surface area contributed by atoms with E-state index in [1.54, 1.807) is 0 Å². The smallest absolute Gasteiger partial charge is 0.407 e. The second-order valence-corrected chi connectivity index (χ2v) is 11.5. The SMILES string of the molecule is COC(=O)NC(C(=O)Nc1ccccc1CCC1CNC(CCCc2ccccc2)CO1)C(c1ccccc1)c1ccccc1. The summed E-state index contributed by atoms with van der Waals surface area (Å²) in [5.41, 5.74) is 4.94. The predicted molar refractivity (Wildman–Crippen MR) is 178 cm³/mol. The molecular formula is C38H43N3O4. The maximum atomic E-state index is 14.0. The molecule has 3 N–H and O–H groups in total. The van der Waals surface area contributed by atoms with Crippen LogP contribution in [-0.2, 0) is 27.1 Å². The van der Waals surface area contributed by atoms with Crippen molar-refractivity contribution in [3.05, 3.63) is 138 Å². The monoisotopic (exact) mass is 605 g/mol. The molecule has 3 atom stereocenters. The maximum Gasteiger partial charge on any atom is 0.407 e. The van der Waals surface area contributed by atoms with Crippen LogP contribution in [-0.4, -0.2) is 50.4 Å². The molecule has 1 heterocycles. The number of anilines is 1. The van der Waals surface area contributed by atoms with Crippen molar-refractivity contribution < 1.29 is 19.1 Å². The van der Waals surface area contributed by atoms with Gasteiger partial charge in [0, 0.05) is 24.2 Å². The van der Waals surface area contributed by atoms with Gasteiger partial charge < -0.3 is 25.4 Å². The molecule has 0 saturated carbocycles. The molecule has 5 rings (SSSR count). The number of para-hydroxylation sites is 1. The second kappa shape index (κ2) is 16.6. The Morgan fingerprint density at radius 1 is 0.822 bits per heavy atom. The molecule has 45 heavy (non-hydrogen) atoms. The van der Waals surface area contributed by atoms with Crippen LogP contribution in [0.15, 0.2) is 115 Å². The van der Waals surface area contributed by atoms with E-state index in [4.69, 9.17) is 9.47 Å². The summed E-state index contributed by atoms with van der Waals surface area (Å²) in [6.45, 7) is 1.52. The van der Waals surface area contributed by atoms with Gasteiger partial charge in [-0.1, -0.05) is 109 Å². The first kappa shape index (κ1) is 31.9. The van der Waals surface area contributed by atoms with Crippen LogP contribution in [0, 0.1) is 0 Å². The largest absolute Gasteiger partial charge is 0.453 e. The highest BCUT2D eigenvalue weighted by atomic mass is 16.5. The molecule has 1 aliphatic rings. The first-order valence-corrected chi connectivity index (χ1v) is 15.8. The molecule has 1 aliphatic heterocycles. The molecule has 2 amide bonds. The van der Waals surface area contributed by atoms with E-state index in [0.717, 1.165) is 61.0 Å². The third kappa shape index (κ3) is 9.27. The molecule has 4 aromatic rings. The number of carbonyl (C=O) groups is 2. The van der Waals surface area contributed by atoms with E-state index in [0.29, 0.717) is 12.6 Å². The van der Waals surface area contributed by atoms with Crippen LogP contribution in [0.3, 0.4) is 0 Å². The van der Waals surface area contributed by atoms with Gasteiger partial charge in [0.2, 0.25) is 5.91 Å². The standard InChI is InChI=1S/C38H43N3O4/c1-44-38(43)41-36(35(30-18-7-3-8-19-30)31-20-9-4-10-21-31)37(42)40-34-23-12-11-17-29(34)24-25-33-26-39-32(27-45-33)22-13-16-28-14-5-2-6-15-28/h2-12,14-15,17-21,23,32-33,35-36,39H,13,16,22,24-27H2,1H3,(H,40,42)(H,41,43). The summed E-state index contributed by atoms with van der Waals surface area (Å²) >= 11 is 0. The zero-order valence-electron chi connectivity index (χ0n) is 25.9. The first-order valence-electron chi connectivity index (χ1n) is 15.8. The van der Waals surface area contributed by atoms with Crippen LogP contribution < -0.4 is 16.0 Å². The number of aryl methyl sites for hydroxylation is 2. The summed E-state index contributed by atoms with van der Waals surface area (Å²) < 4.78 is 11.2. The number of hydrogen-bond acceptors (Lipinski definition) is 5. The van der Waals surface area contributed by atoms with E-state index in [2.05, 4.69) is 46.3 Å². The van der Waals surface area contributed by atoms with Gasteiger partial charge >= 0.3 is 6.09 Å². The lowest BCUT2D eigenvalue weighted by Gasteiger charge is -2.31.